The van der Waals surface area contributed by atoms with E-state index in [9.17, 15) is 13.6 Å². The number of thioether (sulfide) groups is 1. The molecule has 1 heterocycles. The van der Waals surface area contributed by atoms with E-state index in [1.165, 1.54) is 0 Å². The number of hydrogen-bond donors (Lipinski definition) is 1. The molecule has 1 amide bonds. The van der Waals surface area contributed by atoms with Crippen molar-refractivity contribution in [2.75, 3.05) is 5.32 Å². The van der Waals surface area contributed by atoms with Gasteiger partial charge >= 0.3 is 0 Å². The van der Waals surface area contributed by atoms with Gasteiger partial charge in [-0.05, 0) is 29.7 Å². The summed E-state index contributed by atoms with van der Waals surface area (Å²) < 4.78 is 28.8. The molecule has 1 N–H and O–H groups in total. The van der Waals surface area contributed by atoms with Crippen molar-refractivity contribution in [1.29, 1.82) is 0 Å². The van der Waals surface area contributed by atoms with E-state index in [0.29, 0.717) is 22.5 Å². The van der Waals surface area contributed by atoms with Crippen LogP contribution in [0, 0.1) is 0 Å². The Morgan fingerprint density at radius 2 is 2.14 bits per heavy atom. The molecule has 0 spiro atoms. The molecule has 2 rings (SSSR count). The van der Waals surface area contributed by atoms with E-state index < -0.39 is 18.0 Å². The minimum absolute atomic E-state index is 0.160. The van der Waals surface area contributed by atoms with E-state index in [-0.39, 0.29) is 4.88 Å². The highest BCUT2D eigenvalue weighted by Crippen LogP contribution is 2.27. The average molecular weight is 329 g/mol. The number of aromatic nitrogens is 2. The van der Waals surface area contributed by atoms with Gasteiger partial charge in [-0.15, -0.1) is 16.9 Å². The highest BCUT2D eigenvalue weighted by Gasteiger charge is 2.23. The molecule has 0 saturated heterocycles. The number of benzene rings is 1. The lowest BCUT2D eigenvalue weighted by Crippen LogP contribution is -2.12. The third-order valence-electron chi connectivity index (χ3n) is 2.39. The van der Waals surface area contributed by atoms with E-state index in [2.05, 4.69) is 28.8 Å². The molecular weight excluding hydrogens is 316 g/mol. The highest BCUT2D eigenvalue weighted by atomic mass is 32.2. The lowest BCUT2D eigenvalue weighted by atomic mass is 10.3. The first-order valence-electron chi connectivity index (χ1n) is 6.16. The Morgan fingerprint density at radius 3 is 2.81 bits per heavy atom. The molecule has 1 aromatic carbocycles. The molecule has 0 aliphatic heterocycles. The molecule has 0 unspecified atom stereocenters. The van der Waals surface area contributed by atoms with Crippen molar-refractivity contribution in [2.45, 2.75) is 30.4 Å². The number of rotatable bonds is 5. The Balaban J connectivity index is 2.14. The monoisotopic (exact) mass is 329 g/mol. The Labute approximate surface area is 129 Å². The van der Waals surface area contributed by atoms with Crippen LogP contribution in [-0.2, 0) is 0 Å². The van der Waals surface area contributed by atoms with Gasteiger partial charge in [0.25, 0.3) is 12.3 Å². The molecular formula is C13H13F2N3OS2. The zero-order valence-electron chi connectivity index (χ0n) is 11.3. The number of hydrogen-bond acceptors (Lipinski definition) is 5. The molecule has 8 heteroatoms. The molecule has 0 atom stereocenters. The van der Waals surface area contributed by atoms with Crippen molar-refractivity contribution in [1.82, 2.24) is 9.59 Å². The first kappa shape index (κ1) is 15.8. The Hall–Kier alpha value is -1.54. The second-order valence-electron chi connectivity index (χ2n) is 4.44. The standard InChI is InChI=1S/C13H13F2N3OS2/c1-7(2)20-9-5-3-4-8(6-9)16-13(19)11-10(12(14)15)17-18-21-11/h3-7,12H,1-2H3,(H,16,19). The van der Waals surface area contributed by atoms with E-state index in [0.717, 1.165) is 4.90 Å². The molecule has 112 valence electrons. The van der Waals surface area contributed by atoms with Crippen molar-refractivity contribution in [3.05, 3.63) is 34.8 Å². The fourth-order valence-electron chi connectivity index (χ4n) is 1.61. The van der Waals surface area contributed by atoms with E-state index >= 15 is 0 Å². The van der Waals surface area contributed by atoms with Crippen molar-refractivity contribution in [3.8, 4) is 0 Å². The molecule has 0 radical (unpaired) electrons. The Bertz CT molecular complexity index is 631. The zero-order chi connectivity index (χ0) is 15.4. The molecule has 4 nitrogen and oxygen atoms in total. The van der Waals surface area contributed by atoms with Gasteiger partial charge in [-0.25, -0.2) is 8.78 Å². The summed E-state index contributed by atoms with van der Waals surface area (Å²) in [5.74, 6) is -0.619. The van der Waals surface area contributed by atoms with Gasteiger partial charge in [0, 0.05) is 15.8 Å². The first-order valence-corrected chi connectivity index (χ1v) is 7.81. The maximum Gasteiger partial charge on any atom is 0.283 e. The maximum atomic E-state index is 12.7. The fraction of sp³-hybridized carbons (Fsp3) is 0.308. The first-order chi connectivity index (χ1) is 9.97. The van der Waals surface area contributed by atoms with Crippen LogP contribution in [0.4, 0.5) is 14.5 Å². The van der Waals surface area contributed by atoms with Crippen LogP contribution in [0.1, 0.15) is 35.6 Å². The van der Waals surface area contributed by atoms with Crippen molar-refractivity contribution < 1.29 is 13.6 Å². The van der Waals surface area contributed by atoms with Gasteiger partial charge in [0.2, 0.25) is 0 Å². The molecule has 0 fully saturated rings. The third-order valence-corrected chi connectivity index (χ3v) is 4.13. The van der Waals surface area contributed by atoms with Gasteiger partial charge in [-0.2, -0.15) is 0 Å². The molecule has 0 aliphatic carbocycles. The topological polar surface area (TPSA) is 54.9 Å². The summed E-state index contributed by atoms with van der Waals surface area (Å²) in [5.41, 5.74) is -0.0236. The number of amides is 1. The lowest BCUT2D eigenvalue weighted by Gasteiger charge is -2.08. The zero-order valence-corrected chi connectivity index (χ0v) is 13.0. The van der Waals surface area contributed by atoms with Gasteiger partial charge in [-0.3, -0.25) is 4.79 Å². The van der Waals surface area contributed by atoms with Crippen LogP contribution in [-0.4, -0.2) is 20.7 Å². The van der Waals surface area contributed by atoms with Gasteiger partial charge in [-0.1, -0.05) is 24.4 Å². The Morgan fingerprint density at radius 1 is 1.38 bits per heavy atom. The Kier molecular flexibility index (Phi) is 5.24. The number of nitrogens with zero attached hydrogens (tertiary/aromatic N) is 2. The van der Waals surface area contributed by atoms with E-state index in [4.69, 9.17) is 0 Å². The minimum Gasteiger partial charge on any atom is -0.321 e. The number of carbonyl (C=O) groups excluding carboxylic acids is 1. The van der Waals surface area contributed by atoms with E-state index in [1.807, 2.05) is 6.07 Å². The lowest BCUT2D eigenvalue weighted by molar-refractivity contribution is 0.101. The summed E-state index contributed by atoms with van der Waals surface area (Å²) in [6.45, 7) is 4.13. The second kappa shape index (κ2) is 6.95. The maximum absolute atomic E-state index is 12.7. The van der Waals surface area contributed by atoms with Crippen LogP contribution in [0.25, 0.3) is 0 Å². The number of anilines is 1. The number of alkyl halides is 2. The summed E-state index contributed by atoms with van der Waals surface area (Å²) in [7, 11) is 0. The molecule has 2 aromatic rings. The summed E-state index contributed by atoms with van der Waals surface area (Å²) in [6.07, 6.45) is -2.81. The van der Waals surface area contributed by atoms with Gasteiger partial charge in [0.15, 0.2) is 5.69 Å². The molecule has 0 bridgehead atoms. The molecule has 0 saturated carbocycles. The fourth-order valence-corrected chi connectivity index (χ4v) is 3.07. The molecule has 21 heavy (non-hydrogen) atoms. The predicted octanol–water partition coefficient (Wildman–Crippen LogP) is 4.23. The van der Waals surface area contributed by atoms with Crippen LogP contribution in [0.2, 0.25) is 0 Å². The summed E-state index contributed by atoms with van der Waals surface area (Å²) >= 11 is 2.31. The number of halogens is 2. The largest absolute Gasteiger partial charge is 0.321 e. The van der Waals surface area contributed by atoms with Crippen LogP contribution < -0.4 is 5.32 Å². The van der Waals surface area contributed by atoms with Crippen LogP contribution in [0.3, 0.4) is 0 Å². The minimum atomic E-state index is -2.81. The quantitative estimate of drug-likeness (QED) is 0.834. The highest BCUT2D eigenvalue weighted by molar-refractivity contribution is 7.99. The molecule has 0 aliphatic rings. The smallest absolute Gasteiger partial charge is 0.283 e. The van der Waals surface area contributed by atoms with Gasteiger partial charge < -0.3 is 5.32 Å². The number of carbonyl (C=O) groups is 1. The SMILES string of the molecule is CC(C)Sc1cccc(NC(=O)c2snnc2C(F)F)c1. The average Bonchev–Trinajstić information content (AvgIpc) is 2.87. The van der Waals surface area contributed by atoms with Crippen LogP contribution in [0.5, 0.6) is 0 Å². The molecule has 1 aromatic heterocycles. The number of nitrogens with one attached hydrogen (secondary N) is 1. The van der Waals surface area contributed by atoms with Crippen LogP contribution >= 0.6 is 23.3 Å². The van der Waals surface area contributed by atoms with Gasteiger partial charge in [0.05, 0.1) is 0 Å². The summed E-state index contributed by atoms with van der Waals surface area (Å²) in [4.78, 5) is 12.9. The van der Waals surface area contributed by atoms with Crippen molar-refractivity contribution in [2.24, 2.45) is 0 Å². The van der Waals surface area contributed by atoms with Gasteiger partial charge in [0.1, 0.15) is 4.88 Å². The van der Waals surface area contributed by atoms with Crippen molar-refractivity contribution >= 4 is 34.9 Å². The predicted molar refractivity (Wildman–Crippen MR) is 80.3 cm³/mol. The second-order valence-corrected chi connectivity index (χ2v) is 6.84. The summed E-state index contributed by atoms with van der Waals surface area (Å²) in [6, 6.07) is 7.25. The third kappa shape index (κ3) is 4.21. The summed E-state index contributed by atoms with van der Waals surface area (Å²) in [5, 5.41) is 6.30. The van der Waals surface area contributed by atoms with Crippen molar-refractivity contribution in [3.63, 3.8) is 0 Å². The normalized spacial score (nSPS) is 11.1. The van der Waals surface area contributed by atoms with E-state index in [1.54, 1.807) is 30.0 Å². The van der Waals surface area contributed by atoms with Crippen LogP contribution in [0.15, 0.2) is 29.2 Å².